The van der Waals surface area contributed by atoms with Crippen molar-refractivity contribution in [3.8, 4) is 0 Å². The molecule has 108 valence electrons. The molecule has 20 heavy (non-hydrogen) atoms. The van der Waals surface area contributed by atoms with Gasteiger partial charge in [-0.25, -0.2) is 0 Å². The Hall–Kier alpha value is -2.17. The molecule has 1 N–H and O–H groups in total. The largest absolute Gasteiger partial charge is 0.354 e. The summed E-state index contributed by atoms with van der Waals surface area (Å²) >= 11 is 0. The first-order valence-electron chi connectivity index (χ1n) is 6.61. The van der Waals surface area contributed by atoms with Crippen LogP contribution in [0.5, 0.6) is 0 Å². The lowest BCUT2D eigenvalue weighted by Gasteiger charge is -2.21. The molecule has 0 spiro atoms. The fourth-order valence-electron chi connectivity index (χ4n) is 1.79. The minimum Gasteiger partial charge on any atom is -0.354 e. The highest BCUT2D eigenvalue weighted by Gasteiger charge is 2.12. The zero-order valence-electron chi connectivity index (χ0n) is 12.1. The first-order valence-corrected chi connectivity index (χ1v) is 6.61. The molecule has 0 aromatic heterocycles. The first-order chi connectivity index (χ1) is 9.45. The number of carbonyl (C=O) groups excluding carboxylic acids is 3. The lowest BCUT2D eigenvalue weighted by Crippen LogP contribution is -2.37. The normalized spacial score (nSPS) is 9.95. The van der Waals surface area contributed by atoms with Gasteiger partial charge in [0.1, 0.15) is 0 Å². The smallest absolute Gasteiger partial charge is 0.223 e. The number of amides is 2. The van der Waals surface area contributed by atoms with E-state index in [2.05, 4.69) is 5.32 Å². The van der Waals surface area contributed by atoms with Crippen molar-refractivity contribution in [2.24, 2.45) is 0 Å². The van der Waals surface area contributed by atoms with E-state index in [-0.39, 0.29) is 17.6 Å². The zero-order valence-corrected chi connectivity index (χ0v) is 12.1. The number of benzene rings is 1. The van der Waals surface area contributed by atoms with Gasteiger partial charge in [-0.3, -0.25) is 14.4 Å². The number of nitrogens with one attached hydrogen (secondary N) is 1. The molecule has 1 aromatic carbocycles. The van der Waals surface area contributed by atoms with Gasteiger partial charge < -0.3 is 10.2 Å². The van der Waals surface area contributed by atoms with Crippen LogP contribution >= 0.6 is 0 Å². The van der Waals surface area contributed by atoms with Crippen molar-refractivity contribution >= 4 is 23.3 Å². The number of Topliss-reactive ketones (excluding diaryl/α,β-unsaturated/α-hetero) is 1. The molecule has 0 unspecified atom stereocenters. The quantitative estimate of drug-likeness (QED) is 0.805. The molecule has 0 fully saturated rings. The standard InChI is InChI=1S/C15H20N2O3/c1-4-15(20)16-8-9-17(12(3)19)14-7-5-6-13(10-14)11(2)18/h5-7,10H,4,8-9H2,1-3H3,(H,16,20). The summed E-state index contributed by atoms with van der Waals surface area (Å²) in [6.45, 7) is 5.48. The third-order valence-electron chi connectivity index (χ3n) is 2.92. The van der Waals surface area contributed by atoms with E-state index in [1.165, 1.54) is 13.8 Å². The Morgan fingerprint density at radius 2 is 1.90 bits per heavy atom. The first kappa shape index (κ1) is 15.9. The number of anilines is 1. The van der Waals surface area contributed by atoms with Crippen LogP contribution in [0.15, 0.2) is 24.3 Å². The highest BCUT2D eigenvalue weighted by molar-refractivity contribution is 5.97. The monoisotopic (exact) mass is 276 g/mol. The number of ketones is 1. The lowest BCUT2D eigenvalue weighted by molar-refractivity contribution is -0.121. The minimum atomic E-state index is -0.128. The van der Waals surface area contributed by atoms with Gasteiger partial charge in [0.15, 0.2) is 5.78 Å². The summed E-state index contributed by atoms with van der Waals surface area (Å²) in [6.07, 6.45) is 0.417. The predicted octanol–water partition coefficient (Wildman–Crippen LogP) is 1.77. The van der Waals surface area contributed by atoms with E-state index in [0.29, 0.717) is 30.8 Å². The molecule has 2 amide bonds. The molecule has 0 bridgehead atoms. The van der Waals surface area contributed by atoms with E-state index in [1.807, 2.05) is 0 Å². The van der Waals surface area contributed by atoms with Crippen molar-refractivity contribution in [1.82, 2.24) is 5.32 Å². The molecule has 0 saturated carbocycles. The number of hydrogen-bond acceptors (Lipinski definition) is 3. The van der Waals surface area contributed by atoms with Crippen molar-refractivity contribution in [3.63, 3.8) is 0 Å². The molecule has 0 saturated heterocycles. The Labute approximate surface area is 119 Å². The molecule has 0 aliphatic carbocycles. The number of rotatable bonds is 6. The molecule has 5 heteroatoms. The van der Waals surface area contributed by atoms with Crippen molar-refractivity contribution in [1.29, 1.82) is 0 Å². The minimum absolute atomic E-state index is 0.0466. The van der Waals surface area contributed by atoms with Gasteiger partial charge in [-0.1, -0.05) is 19.1 Å². The van der Waals surface area contributed by atoms with E-state index < -0.39 is 0 Å². The van der Waals surface area contributed by atoms with E-state index in [1.54, 1.807) is 36.1 Å². The van der Waals surface area contributed by atoms with Crippen molar-refractivity contribution < 1.29 is 14.4 Å². The summed E-state index contributed by atoms with van der Waals surface area (Å²) in [5.74, 6) is -0.225. The molecule has 0 atom stereocenters. The number of carbonyl (C=O) groups is 3. The SMILES string of the molecule is CCC(=O)NCCN(C(C)=O)c1cccc(C(C)=O)c1. The highest BCUT2D eigenvalue weighted by atomic mass is 16.2. The molecular weight excluding hydrogens is 256 g/mol. The molecule has 0 heterocycles. The summed E-state index contributed by atoms with van der Waals surface area (Å²) in [5, 5.41) is 2.73. The van der Waals surface area contributed by atoms with Crippen LogP contribution in [0.4, 0.5) is 5.69 Å². The number of hydrogen-bond donors (Lipinski definition) is 1. The van der Waals surface area contributed by atoms with Crippen LogP contribution in [-0.2, 0) is 9.59 Å². The van der Waals surface area contributed by atoms with Crippen molar-refractivity contribution in [2.45, 2.75) is 27.2 Å². The Balaban J connectivity index is 2.80. The fraction of sp³-hybridized carbons (Fsp3) is 0.400. The van der Waals surface area contributed by atoms with Gasteiger partial charge in [0.05, 0.1) is 0 Å². The van der Waals surface area contributed by atoms with E-state index in [4.69, 9.17) is 0 Å². The lowest BCUT2D eigenvalue weighted by atomic mass is 10.1. The van der Waals surface area contributed by atoms with Gasteiger partial charge in [-0.05, 0) is 19.1 Å². The Morgan fingerprint density at radius 1 is 1.20 bits per heavy atom. The molecule has 1 rings (SSSR count). The average molecular weight is 276 g/mol. The van der Waals surface area contributed by atoms with Gasteiger partial charge in [-0.15, -0.1) is 0 Å². The van der Waals surface area contributed by atoms with Crippen LogP contribution in [0, 0.1) is 0 Å². The van der Waals surface area contributed by atoms with Crippen LogP contribution in [0.1, 0.15) is 37.6 Å². The van der Waals surface area contributed by atoms with Gasteiger partial charge >= 0.3 is 0 Å². The van der Waals surface area contributed by atoms with Gasteiger partial charge in [0.2, 0.25) is 11.8 Å². The predicted molar refractivity (Wildman–Crippen MR) is 77.8 cm³/mol. The fourth-order valence-corrected chi connectivity index (χ4v) is 1.79. The van der Waals surface area contributed by atoms with Crippen LogP contribution in [0.2, 0.25) is 0 Å². The third kappa shape index (κ3) is 4.50. The van der Waals surface area contributed by atoms with E-state index in [0.717, 1.165) is 0 Å². The maximum Gasteiger partial charge on any atom is 0.223 e. The molecular formula is C15H20N2O3. The molecule has 0 aliphatic heterocycles. The molecule has 0 aliphatic rings. The summed E-state index contributed by atoms with van der Waals surface area (Å²) in [5.41, 5.74) is 1.22. The zero-order chi connectivity index (χ0) is 15.1. The van der Waals surface area contributed by atoms with Crippen molar-refractivity contribution in [2.75, 3.05) is 18.0 Å². The maximum absolute atomic E-state index is 11.7. The second kappa shape index (κ2) is 7.43. The van der Waals surface area contributed by atoms with E-state index >= 15 is 0 Å². The summed E-state index contributed by atoms with van der Waals surface area (Å²) in [4.78, 5) is 35.8. The Bertz CT molecular complexity index is 512. The molecule has 5 nitrogen and oxygen atoms in total. The maximum atomic E-state index is 11.7. The Morgan fingerprint density at radius 3 is 2.45 bits per heavy atom. The summed E-state index contributed by atoms with van der Waals surface area (Å²) < 4.78 is 0. The number of nitrogens with zero attached hydrogens (tertiary/aromatic N) is 1. The average Bonchev–Trinajstić information content (AvgIpc) is 2.42. The summed E-state index contributed by atoms with van der Waals surface area (Å²) in [6, 6.07) is 6.91. The van der Waals surface area contributed by atoms with Gasteiger partial charge in [0, 0.05) is 37.7 Å². The molecule has 1 aromatic rings. The third-order valence-corrected chi connectivity index (χ3v) is 2.92. The highest BCUT2D eigenvalue weighted by Crippen LogP contribution is 2.16. The second-order valence-electron chi connectivity index (χ2n) is 4.48. The second-order valence-corrected chi connectivity index (χ2v) is 4.48. The van der Waals surface area contributed by atoms with Crippen LogP contribution in [-0.4, -0.2) is 30.7 Å². The topological polar surface area (TPSA) is 66.5 Å². The van der Waals surface area contributed by atoms with Gasteiger partial charge in [0.25, 0.3) is 0 Å². The van der Waals surface area contributed by atoms with Crippen LogP contribution in [0.25, 0.3) is 0 Å². The summed E-state index contributed by atoms with van der Waals surface area (Å²) in [7, 11) is 0. The van der Waals surface area contributed by atoms with Crippen molar-refractivity contribution in [3.05, 3.63) is 29.8 Å². The van der Waals surface area contributed by atoms with Crippen LogP contribution in [0.3, 0.4) is 0 Å². The van der Waals surface area contributed by atoms with E-state index in [9.17, 15) is 14.4 Å². The Kier molecular flexibility index (Phi) is 5.90. The van der Waals surface area contributed by atoms with Crippen LogP contribution < -0.4 is 10.2 Å². The van der Waals surface area contributed by atoms with Gasteiger partial charge in [-0.2, -0.15) is 0 Å². The molecule has 0 radical (unpaired) electrons.